The highest BCUT2D eigenvalue weighted by Crippen LogP contribution is 2.28. The Morgan fingerprint density at radius 2 is 1.68 bits per heavy atom. The monoisotopic (exact) mass is 570 g/mol. The Balaban J connectivity index is 2.53. The number of hydrogen-bond acceptors (Lipinski definition) is 4. The Morgan fingerprint density at radius 1 is 1.05 bits per heavy atom. The Bertz CT molecular complexity index is 1200. The number of benzene rings is 2. The van der Waals surface area contributed by atoms with E-state index in [1.54, 1.807) is 44.2 Å². The second-order valence-corrected chi connectivity index (χ2v) is 12.0. The lowest BCUT2D eigenvalue weighted by molar-refractivity contribution is -0.139. The van der Waals surface area contributed by atoms with Gasteiger partial charge in [0.2, 0.25) is 11.8 Å². The molecule has 37 heavy (non-hydrogen) atoms. The number of hydrogen-bond donors (Lipinski definition) is 1. The first-order valence-corrected chi connectivity index (χ1v) is 14.2. The molecule has 0 bridgehead atoms. The average molecular weight is 572 g/mol. The highest BCUT2D eigenvalue weighted by Gasteiger charge is 2.33. The quantitative estimate of drug-likeness (QED) is 0.379. The number of unbranched alkanes of at least 4 members (excludes halogenated alkanes) is 1. The fourth-order valence-corrected chi connectivity index (χ4v) is 5.29. The molecule has 0 aliphatic carbocycles. The predicted octanol–water partition coefficient (Wildman–Crippen LogP) is 4.56. The minimum atomic E-state index is -4.05. The SMILES string of the molecule is CCCCNC(=O)[C@H](C)N(Cc1c(Cl)cccc1Cl)C(=O)CN(c1cc(C)ccc1C)S(=O)(=O)N(C)C. The van der Waals surface area contributed by atoms with E-state index in [1.807, 2.05) is 19.9 Å². The summed E-state index contributed by atoms with van der Waals surface area (Å²) in [5.74, 6) is -0.917. The number of carbonyl (C=O) groups excluding carboxylic acids is 2. The molecule has 0 aliphatic heterocycles. The number of carbonyl (C=O) groups is 2. The van der Waals surface area contributed by atoms with Gasteiger partial charge < -0.3 is 10.2 Å². The molecule has 2 rings (SSSR count). The van der Waals surface area contributed by atoms with Gasteiger partial charge in [0.25, 0.3) is 0 Å². The van der Waals surface area contributed by atoms with Gasteiger partial charge in [0.05, 0.1) is 5.69 Å². The van der Waals surface area contributed by atoms with Gasteiger partial charge in [-0.25, -0.2) is 4.31 Å². The third-order valence-electron chi connectivity index (χ3n) is 6.04. The summed E-state index contributed by atoms with van der Waals surface area (Å²) >= 11 is 12.8. The van der Waals surface area contributed by atoms with E-state index in [0.29, 0.717) is 33.4 Å². The van der Waals surface area contributed by atoms with Crippen molar-refractivity contribution in [1.29, 1.82) is 0 Å². The van der Waals surface area contributed by atoms with Crippen molar-refractivity contribution in [3.05, 3.63) is 63.1 Å². The molecule has 204 valence electrons. The molecule has 0 spiro atoms. The van der Waals surface area contributed by atoms with Gasteiger partial charge >= 0.3 is 10.2 Å². The smallest absolute Gasteiger partial charge is 0.304 e. The van der Waals surface area contributed by atoms with Crippen molar-refractivity contribution in [3.8, 4) is 0 Å². The van der Waals surface area contributed by atoms with E-state index in [-0.39, 0.29) is 12.5 Å². The lowest BCUT2D eigenvalue weighted by Gasteiger charge is -2.33. The molecule has 2 amide bonds. The van der Waals surface area contributed by atoms with Crippen LogP contribution in [-0.2, 0) is 26.3 Å². The number of anilines is 1. The molecule has 0 saturated heterocycles. The zero-order valence-corrected chi connectivity index (χ0v) is 24.5. The van der Waals surface area contributed by atoms with Crippen LogP contribution in [0, 0.1) is 13.8 Å². The molecule has 0 aliphatic rings. The fraction of sp³-hybridized carbons (Fsp3) is 0.462. The summed E-state index contributed by atoms with van der Waals surface area (Å²) < 4.78 is 28.8. The van der Waals surface area contributed by atoms with Gasteiger partial charge in [-0.2, -0.15) is 12.7 Å². The van der Waals surface area contributed by atoms with Gasteiger partial charge in [-0.3, -0.25) is 9.59 Å². The third kappa shape index (κ3) is 7.83. The maximum atomic E-state index is 13.8. The van der Waals surface area contributed by atoms with Crippen LogP contribution < -0.4 is 9.62 Å². The standard InChI is InChI=1S/C26H36Cl2N4O4S/c1-7-8-14-29-26(34)20(4)31(16-21-22(27)10-9-11-23(21)28)25(33)17-32(37(35,36)30(5)6)24-15-18(2)12-13-19(24)3/h9-13,15,20H,7-8,14,16-17H2,1-6H3,(H,29,34)/t20-/m0/s1. The van der Waals surface area contributed by atoms with Crippen molar-refractivity contribution < 1.29 is 18.0 Å². The third-order valence-corrected chi connectivity index (χ3v) is 8.55. The summed E-state index contributed by atoms with van der Waals surface area (Å²) in [4.78, 5) is 28.1. The van der Waals surface area contributed by atoms with E-state index in [1.165, 1.54) is 19.0 Å². The molecular weight excluding hydrogens is 535 g/mol. The molecule has 0 radical (unpaired) electrons. The highest BCUT2D eigenvalue weighted by molar-refractivity contribution is 7.90. The van der Waals surface area contributed by atoms with E-state index in [0.717, 1.165) is 27.0 Å². The topological polar surface area (TPSA) is 90.0 Å². The number of halogens is 2. The number of nitrogens with one attached hydrogen (secondary N) is 1. The van der Waals surface area contributed by atoms with Crippen molar-refractivity contribution in [1.82, 2.24) is 14.5 Å². The van der Waals surface area contributed by atoms with Crippen LogP contribution in [0.3, 0.4) is 0 Å². The van der Waals surface area contributed by atoms with Crippen LogP contribution >= 0.6 is 23.2 Å². The van der Waals surface area contributed by atoms with E-state index >= 15 is 0 Å². The zero-order valence-electron chi connectivity index (χ0n) is 22.2. The molecular formula is C26H36Cl2N4O4S. The minimum absolute atomic E-state index is 0.0671. The average Bonchev–Trinajstić information content (AvgIpc) is 2.83. The van der Waals surface area contributed by atoms with Gasteiger partial charge in [-0.1, -0.05) is 54.7 Å². The summed E-state index contributed by atoms with van der Waals surface area (Å²) in [7, 11) is -1.23. The molecule has 1 atom stereocenters. The van der Waals surface area contributed by atoms with Crippen LogP contribution in [0.5, 0.6) is 0 Å². The van der Waals surface area contributed by atoms with E-state index in [9.17, 15) is 18.0 Å². The molecule has 2 aromatic carbocycles. The number of aryl methyl sites for hydroxylation is 2. The molecule has 0 fully saturated rings. The molecule has 11 heteroatoms. The maximum absolute atomic E-state index is 13.8. The van der Waals surface area contributed by atoms with E-state index < -0.39 is 28.7 Å². The Morgan fingerprint density at radius 3 is 2.24 bits per heavy atom. The predicted molar refractivity (Wildman–Crippen MR) is 150 cm³/mol. The molecule has 2 aromatic rings. The summed E-state index contributed by atoms with van der Waals surface area (Å²) in [5, 5.41) is 3.53. The van der Waals surface area contributed by atoms with Crippen LogP contribution in [0.2, 0.25) is 10.0 Å². The van der Waals surface area contributed by atoms with Crippen molar-refractivity contribution in [2.45, 2.75) is 53.1 Å². The second-order valence-electron chi connectivity index (χ2n) is 9.13. The van der Waals surface area contributed by atoms with Crippen LogP contribution in [-0.4, -0.2) is 62.7 Å². The van der Waals surface area contributed by atoms with Gasteiger partial charge in [-0.15, -0.1) is 0 Å². The van der Waals surface area contributed by atoms with Gasteiger partial charge in [-0.05, 0) is 56.5 Å². The van der Waals surface area contributed by atoms with Gasteiger partial charge in [0.15, 0.2) is 0 Å². The Hall–Kier alpha value is -2.33. The Kier molecular flexibility index (Phi) is 11.2. The molecule has 0 aromatic heterocycles. The number of nitrogens with zero attached hydrogens (tertiary/aromatic N) is 3. The van der Waals surface area contributed by atoms with Crippen molar-refractivity contribution in [3.63, 3.8) is 0 Å². The van der Waals surface area contributed by atoms with Crippen LogP contribution in [0.25, 0.3) is 0 Å². The first-order chi connectivity index (χ1) is 17.3. The van der Waals surface area contributed by atoms with Gasteiger partial charge in [0, 0.05) is 42.8 Å². The highest BCUT2D eigenvalue weighted by atomic mass is 35.5. The molecule has 0 saturated carbocycles. The lowest BCUT2D eigenvalue weighted by atomic mass is 10.1. The first-order valence-electron chi connectivity index (χ1n) is 12.1. The van der Waals surface area contributed by atoms with Crippen molar-refractivity contribution in [2.24, 2.45) is 0 Å². The first kappa shape index (κ1) is 30.9. The summed E-state index contributed by atoms with van der Waals surface area (Å²) in [6.07, 6.45) is 1.70. The number of rotatable bonds is 12. The molecule has 0 heterocycles. The maximum Gasteiger partial charge on any atom is 0.304 e. The fourth-order valence-electron chi connectivity index (χ4n) is 3.66. The second kappa shape index (κ2) is 13.5. The normalized spacial score (nSPS) is 12.4. The summed E-state index contributed by atoms with van der Waals surface area (Å²) in [6, 6.07) is 9.48. The molecule has 0 unspecified atom stereocenters. The van der Waals surface area contributed by atoms with Crippen LogP contribution in [0.4, 0.5) is 5.69 Å². The molecule has 8 nitrogen and oxygen atoms in total. The van der Waals surface area contributed by atoms with Crippen molar-refractivity contribution >= 4 is 50.9 Å². The Labute approximate surface area is 230 Å². The van der Waals surface area contributed by atoms with Crippen LogP contribution in [0.1, 0.15) is 43.4 Å². The van der Waals surface area contributed by atoms with E-state index in [2.05, 4.69) is 5.32 Å². The minimum Gasteiger partial charge on any atom is -0.354 e. The van der Waals surface area contributed by atoms with Crippen LogP contribution in [0.15, 0.2) is 36.4 Å². The zero-order chi connectivity index (χ0) is 27.9. The lowest BCUT2D eigenvalue weighted by Crippen LogP contribution is -2.52. The van der Waals surface area contributed by atoms with Crippen molar-refractivity contribution in [2.75, 3.05) is 31.5 Å². The molecule has 1 N–H and O–H groups in total. The van der Waals surface area contributed by atoms with E-state index in [4.69, 9.17) is 23.2 Å². The summed E-state index contributed by atoms with van der Waals surface area (Å²) in [5.41, 5.74) is 2.39. The largest absolute Gasteiger partial charge is 0.354 e. The van der Waals surface area contributed by atoms with Gasteiger partial charge in [0.1, 0.15) is 12.6 Å². The number of amides is 2. The summed E-state index contributed by atoms with van der Waals surface area (Å²) in [6.45, 7) is 7.13.